The zero-order chi connectivity index (χ0) is 18.1. The Balaban J connectivity index is 1.94. The van der Waals surface area contributed by atoms with E-state index in [0.717, 1.165) is 5.52 Å². The van der Waals surface area contributed by atoms with E-state index in [0.29, 0.717) is 22.2 Å². The van der Waals surface area contributed by atoms with Gasteiger partial charge in [-0.1, -0.05) is 24.3 Å². The van der Waals surface area contributed by atoms with Gasteiger partial charge in [-0.2, -0.15) is 0 Å². The largest absolute Gasteiger partial charge is 0.477 e. The number of aryl methyl sites for hydroxylation is 2. The van der Waals surface area contributed by atoms with Crippen molar-refractivity contribution in [1.82, 2.24) is 4.57 Å². The SMILES string of the molecule is Cc1ccc(NC(=O)Cc2c(C(=O)O)n(C)c3ccccc23)cc1F. The Morgan fingerprint density at radius 1 is 1.20 bits per heavy atom. The van der Waals surface area contributed by atoms with E-state index >= 15 is 0 Å². The maximum atomic E-state index is 13.6. The van der Waals surface area contributed by atoms with Crippen LogP contribution in [0.3, 0.4) is 0 Å². The summed E-state index contributed by atoms with van der Waals surface area (Å²) >= 11 is 0. The molecule has 2 aromatic carbocycles. The van der Waals surface area contributed by atoms with Crippen molar-refractivity contribution in [1.29, 1.82) is 0 Å². The molecule has 1 amide bonds. The van der Waals surface area contributed by atoms with E-state index in [4.69, 9.17) is 0 Å². The number of amides is 1. The van der Waals surface area contributed by atoms with E-state index in [1.165, 1.54) is 6.07 Å². The molecular formula is C19H17FN2O3. The van der Waals surface area contributed by atoms with Crippen molar-refractivity contribution in [2.24, 2.45) is 7.05 Å². The Morgan fingerprint density at radius 2 is 1.92 bits per heavy atom. The van der Waals surface area contributed by atoms with Crippen LogP contribution in [0.25, 0.3) is 10.9 Å². The molecule has 0 spiro atoms. The lowest BCUT2D eigenvalue weighted by Crippen LogP contribution is -2.17. The summed E-state index contributed by atoms with van der Waals surface area (Å²) in [5.74, 6) is -1.90. The average Bonchev–Trinajstić information content (AvgIpc) is 2.84. The molecule has 0 saturated heterocycles. The second-order valence-corrected chi connectivity index (χ2v) is 5.90. The van der Waals surface area contributed by atoms with Gasteiger partial charge in [0.15, 0.2) is 0 Å². The van der Waals surface area contributed by atoms with E-state index < -0.39 is 17.7 Å². The molecule has 1 aromatic heterocycles. The summed E-state index contributed by atoms with van der Waals surface area (Å²) in [4.78, 5) is 24.0. The van der Waals surface area contributed by atoms with Crippen molar-refractivity contribution in [2.45, 2.75) is 13.3 Å². The van der Waals surface area contributed by atoms with E-state index in [2.05, 4.69) is 5.32 Å². The number of carbonyl (C=O) groups is 2. The van der Waals surface area contributed by atoms with E-state index in [1.54, 1.807) is 48.9 Å². The lowest BCUT2D eigenvalue weighted by molar-refractivity contribution is -0.115. The Hall–Kier alpha value is -3.15. The van der Waals surface area contributed by atoms with Crippen LogP contribution >= 0.6 is 0 Å². The number of benzene rings is 2. The number of fused-ring (bicyclic) bond motifs is 1. The number of nitrogens with one attached hydrogen (secondary N) is 1. The highest BCUT2D eigenvalue weighted by atomic mass is 19.1. The van der Waals surface area contributed by atoms with Gasteiger partial charge in [-0.3, -0.25) is 4.79 Å². The second kappa shape index (κ2) is 6.39. The van der Waals surface area contributed by atoms with Crippen LogP contribution in [-0.2, 0) is 18.3 Å². The molecule has 128 valence electrons. The third-order valence-corrected chi connectivity index (χ3v) is 4.21. The number of para-hydroxylation sites is 1. The van der Waals surface area contributed by atoms with Crippen molar-refractivity contribution in [3.05, 3.63) is 65.1 Å². The van der Waals surface area contributed by atoms with Crippen LogP contribution in [0.5, 0.6) is 0 Å². The van der Waals surface area contributed by atoms with Gasteiger partial charge in [0, 0.05) is 29.2 Å². The van der Waals surface area contributed by atoms with Gasteiger partial charge in [-0.15, -0.1) is 0 Å². The number of hydrogen-bond donors (Lipinski definition) is 2. The van der Waals surface area contributed by atoms with Crippen LogP contribution in [0.4, 0.5) is 10.1 Å². The summed E-state index contributed by atoms with van der Waals surface area (Å²) < 4.78 is 15.2. The summed E-state index contributed by atoms with van der Waals surface area (Å²) in [6.45, 7) is 1.64. The minimum Gasteiger partial charge on any atom is -0.477 e. The van der Waals surface area contributed by atoms with Crippen molar-refractivity contribution < 1.29 is 19.1 Å². The Bertz CT molecular complexity index is 992. The number of carbonyl (C=O) groups excluding carboxylic acids is 1. The first-order valence-corrected chi connectivity index (χ1v) is 7.74. The number of aromatic nitrogens is 1. The molecule has 1 heterocycles. The fourth-order valence-corrected chi connectivity index (χ4v) is 2.96. The summed E-state index contributed by atoms with van der Waals surface area (Å²) in [5, 5.41) is 12.8. The standard InChI is InChI=1S/C19H17FN2O3/c1-11-7-8-12(9-15(11)20)21-17(23)10-14-13-5-3-4-6-16(13)22(2)18(14)19(24)25/h3-9H,10H2,1-2H3,(H,21,23)(H,24,25). The zero-order valence-electron chi connectivity index (χ0n) is 13.8. The fraction of sp³-hybridized carbons (Fsp3) is 0.158. The summed E-state index contributed by atoms with van der Waals surface area (Å²) in [6.07, 6.45) is -0.113. The monoisotopic (exact) mass is 340 g/mol. The summed E-state index contributed by atoms with van der Waals surface area (Å²) in [7, 11) is 1.66. The number of aromatic carboxylic acids is 1. The highest BCUT2D eigenvalue weighted by Gasteiger charge is 2.22. The normalized spacial score (nSPS) is 10.8. The van der Waals surface area contributed by atoms with Gasteiger partial charge in [0.1, 0.15) is 11.5 Å². The summed E-state index contributed by atoms with van der Waals surface area (Å²) in [6, 6.07) is 11.6. The van der Waals surface area contributed by atoms with Crippen molar-refractivity contribution in [3.63, 3.8) is 0 Å². The molecule has 0 radical (unpaired) electrons. The van der Waals surface area contributed by atoms with Crippen molar-refractivity contribution in [3.8, 4) is 0 Å². The average molecular weight is 340 g/mol. The van der Waals surface area contributed by atoms with E-state index in [-0.39, 0.29) is 12.1 Å². The molecule has 0 saturated carbocycles. The van der Waals surface area contributed by atoms with Gasteiger partial charge in [-0.05, 0) is 30.7 Å². The zero-order valence-corrected chi connectivity index (χ0v) is 13.8. The van der Waals surface area contributed by atoms with Crippen LogP contribution in [0, 0.1) is 12.7 Å². The molecule has 0 atom stereocenters. The molecule has 0 unspecified atom stereocenters. The molecule has 0 aliphatic rings. The molecule has 0 bridgehead atoms. The first-order valence-electron chi connectivity index (χ1n) is 7.74. The van der Waals surface area contributed by atoms with E-state index in [9.17, 15) is 19.1 Å². The van der Waals surface area contributed by atoms with Gasteiger partial charge in [0.25, 0.3) is 0 Å². The predicted molar refractivity (Wildman–Crippen MR) is 93.3 cm³/mol. The van der Waals surface area contributed by atoms with Crippen LogP contribution < -0.4 is 5.32 Å². The molecular weight excluding hydrogens is 323 g/mol. The fourth-order valence-electron chi connectivity index (χ4n) is 2.96. The lowest BCUT2D eigenvalue weighted by Gasteiger charge is -2.07. The minimum atomic E-state index is -1.09. The molecule has 3 aromatic rings. The molecule has 0 aliphatic heterocycles. The third-order valence-electron chi connectivity index (χ3n) is 4.21. The van der Waals surface area contributed by atoms with Gasteiger partial charge < -0.3 is 15.0 Å². The number of nitrogens with zero attached hydrogens (tertiary/aromatic N) is 1. The number of carboxylic acid groups (broad SMARTS) is 1. The number of hydrogen-bond acceptors (Lipinski definition) is 2. The van der Waals surface area contributed by atoms with Crippen LogP contribution in [0.15, 0.2) is 42.5 Å². The second-order valence-electron chi connectivity index (χ2n) is 5.90. The first-order chi connectivity index (χ1) is 11.9. The van der Waals surface area contributed by atoms with Crippen molar-refractivity contribution >= 4 is 28.5 Å². The molecule has 6 heteroatoms. The maximum Gasteiger partial charge on any atom is 0.352 e. The Morgan fingerprint density at radius 3 is 2.60 bits per heavy atom. The van der Waals surface area contributed by atoms with Gasteiger partial charge in [0.05, 0.1) is 6.42 Å². The molecule has 2 N–H and O–H groups in total. The van der Waals surface area contributed by atoms with Gasteiger partial charge >= 0.3 is 5.97 Å². The summed E-state index contributed by atoms with van der Waals surface area (Å²) in [5.41, 5.74) is 2.08. The first kappa shape index (κ1) is 16.7. The smallest absolute Gasteiger partial charge is 0.352 e. The number of anilines is 1. The number of halogens is 1. The molecule has 5 nitrogen and oxygen atoms in total. The molecule has 25 heavy (non-hydrogen) atoms. The van der Waals surface area contributed by atoms with Crippen LogP contribution in [0.2, 0.25) is 0 Å². The number of rotatable bonds is 4. The van der Waals surface area contributed by atoms with Crippen molar-refractivity contribution in [2.75, 3.05) is 5.32 Å². The van der Waals surface area contributed by atoms with Gasteiger partial charge in [0.2, 0.25) is 5.91 Å². The molecule has 0 aliphatic carbocycles. The molecule has 3 rings (SSSR count). The minimum absolute atomic E-state index is 0.0754. The highest BCUT2D eigenvalue weighted by molar-refractivity contribution is 6.02. The third kappa shape index (κ3) is 3.10. The van der Waals surface area contributed by atoms with Gasteiger partial charge in [-0.25, -0.2) is 9.18 Å². The quantitative estimate of drug-likeness (QED) is 0.763. The lowest BCUT2D eigenvalue weighted by atomic mass is 10.1. The Labute approximate surface area is 143 Å². The van der Waals surface area contributed by atoms with E-state index in [1.807, 2.05) is 6.07 Å². The van der Waals surface area contributed by atoms with Crippen LogP contribution in [-0.4, -0.2) is 21.6 Å². The van der Waals surface area contributed by atoms with Crippen LogP contribution in [0.1, 0.15) is 21.6 Å². The Kier molecular flexibility index (Phi) is 4.27. The topological polar surface area (TPSA) is 71.3 Å². The maximum absolute atomic E-state index is 13.6. The highest BCUT2D eigenvalue weighted by Crippen LogP contribution is 2.26. The molecule has 0 fully saturated rings. The number of carboxylic acids is 1. The predicted octanol–water partition coefficient (Wildman–Crippen LogP) is 3.51.